The lowest BCUT2D eigenvalue weighted by molar-refractivity contribution is -0.139. The van der Waals surface area contributed by atoms with Gasteiger partial charge in [0.2, 0.25) is 11.8 Å². The van der Waals surface area contributed by atoms with Crippen LogP contribution in [0.3, 0.4) is 0 Å². The van der Waals surface area contributed by atoms with Crippen LogP contribution in [-0.2, 0) is 16.1 Å². The van der Waals surface area contributed by atoms with Crippen LogP contribution < -0.4 is 5.32 Å². The van der Waals surface area contributed by atoms with Crippen LogP contribution in [0.5, 0.6) is 0 Å². The van der Waals surface area contributed by atoms with Crippen molar-refractivity contribution in [1.82, 2.24) is 15.1 Å². The van der Waals surface area contributed by atoms with Gasteiger partial charge >= 0.3 is 0 Å². The molecule has 0 bridgehead atoms. The molecule has 1 atom stereocenters. The average molecular weight is 372 g/mol. The number of thiophene rings is 1. The van der Waals surface area contributed by atoms with Gasteiger partial charge in [-0.1, -0.05) is 32.4 Å². The Morgan fingerprint density at radius 3 is 2.38 bits per heavy atom. The molecule has 134 valence electrons. The van der Waals surface area contributed by atoms with Gasteiger partial charge in [0.05, 0.1) is 4.34 Å². The largest absolute Gasteiger partial charge is 0.344 e. The maximum absolute atomic E-state index is 12.5. The number of hydrogen-bond donors (Lipinski definition) is 1. The molecule has 7 heteroatoms. The molecule has 1 N–H and O–H groups in total. The molecule has 2 heterocycles. The minimum atomic E-state index is -0.491. The van der Waals surface area contributed by atoms with Gasteiger partial charge in [0.15, 0.2) is 0 Å². The molecule has 24 heavy (non-hydrogen) atoms. The van der Waals surface area contributed by atoms with Crippen molar-refractivity contribution in [1.29, 1.82) is 0 Å². The maximum Gasteiger partial charge on any atom is 0.244 e. The fourth-order valence-electron chi connectivity index (χ4n) is 2.53. The normalized spacial score (nSPS) is 17.6. The Labute approximate surface area is 153 Å². The number of nitrogens with one attached hydrogen (secondary N) is 1. The third kappa shape index (κ3) is 5.19. The van der Waals surface area contributed by atoms with E-state index in [0.717, 1.165) is 24.0 Å². The molecule has 0 radical (unpaired) electrons. The molecule has 1 unspecified atom stereocenters. The number of hydrogen-bond acceptors (Lipinski definition) is 4. The molecule has 0 saturated carbocycles. The number of halogens is 1. The summed E-state index contributed by atoms with van der Waals surface area (Å²) in [6.07, 6.45) is 0. The standard InChI is InChI=1S/C17H26ClN3O2S/c1-12(19-16(23)17(2,3)4)15(22)21-9-7-20(8-10-21)11-13-5-6-14(18)24-13/h5-6,12H,7-11H2,1-4H3,(H,19,23). The molecule has 1 aliphatic rings. The van der Waals surface area contributed by atoms with Gasteiger partial charge < -0.3 is 10.2 Å². The highest BCUT2D eigenvalue weighted by Gasteiger charge is 2.29. The predicted octanol–water partition coefficient (Wildman–Crippen LogP) is 2.60. The first-order valence-electron chi connectivity index (χ1n) is 8.23. The third-order valence-corrected chi connectivity index (χ3v) is 5.31. The van der Waals surface area contributed by atoms with Crippen molar-refractivity contribution < 1.29 is 9.59 Å². The minimum Gasteiger partial charge on any atom is -0.344 e. The topological polar surface area (TPSA) is 52.7 Å². The van der Waals surface area contributed by atoms with Gasteiger partial charge in [0.1, 0.15) is 6.04 Å². The van der Waals surface area contributed by atoms with Crippen LogP contribution in [0.15, 0.2) is 12.1 Å². The number of piperazine rings is 1. The average Bonchev–Trinajstić information content (AvgIpc) is 2.91. The van der Waals surface area contributed by atoms with Crippen LogP contribution in [-0.4, -0.2) is 53.8 Å². The van der Waals surface area contributed by atoms with E-state index in [9.17, 15) is 9.59 Å². The number of rotatable bonds is 4. The number of nitrogens with zero attached hydrogens (tertiary/aromatic N) is 2. The summed E-state index contributed by atoms with van der Waals surface area (Å²) < 4.78 is 0.808. The van der Waals surface area contributed by atoms with Crippen LogP contribution in [0.4, 0.5) is 0 Å². The van der Waals surface area contributed by atoms with Crippen molar-refractivity contribution in [2.45, 2.75) is 40.3 Å². The Bertz CT molecular complexity index is 589. The second kappa shape index (κ2) is 7.85. The third-order valence-electron chi connectivity index (χ3n) is 4.09. The van der Waals surface area contributed by atoms with E-state index < -0.39 is 11.5 Å². The van der Waals surface area contributed by atoms with Gasteiger partial charge in [0, 0.05) is 43.0 Å². The second-order valence-electron chi connectivity index (χ2n) is 7.25. The second-order valence-corrected chi connectivity index (χ2v) is 9.05. The summed E-state index contributed by atoms with van der Waals surface area (Å²) in [4.78, 5) is 29.9. The van der Waals surface area contributed by atoms with Crippen LogP contribution >= 0.6 is 22.9 Å². The maximum atomic E-state index is 12.5. The number of carbonyl (C=O) groups excluding carboxylic acids is 2. The molecular weight excluding hydrogens is 346 g/mol. The summed E-state index contributed by atoms with van der Waals surface area (Å²) in [6.45, 7) is 11.2. The Balaban J connectivity index is 1.80. The fourth-order valence-corrected chi connectivity index (χ4v) is 3.66. The smallest absolute Gasteiger partial charge is 0.244 e. The molecule has 1 aromatic heterocycles. The lowest BCUT2D eigenvalue weighted by Gasteiger charge is -2.36. The minimum absolute atomic E-state index is 0.00795. The van der Waals surface area contributed by atoms with Gasteiger partial charge in [-0.2, -0.15) is 0 Å². The predicted molar refractivity (Wildman–Crippen MR) is 98.2 cm³/mol. The Kier molecular flexibility index (Phi) is 6.28. The van der Waals surface area contributed by atoms with Gasteiger partial charge in [-0.3, -0.25) is 14.5 Å². The Morgan fingerprint density at radius 1 is 1.25 bits per heavy atom. The van der Waals surface area contributed by atoms with Crippen molar-refractivity contribution >= 4 is 34.8 Å². The van der Waals surface area contributed by atoms with Crippen LogP contribution in [0.2, 0.25) is 4.34 Å². The molecule has 1 aliphatic heterocycles. The van der Waals surface area contributed by atoms with E-state index in [0.29, 0.717) is 13.1 Å². The lowest BCUT2D eigenvalue weighted by atomic mass is 9.95. The first-order chi connectivity index (χ1) is 11.2. The van der Waals surface area contributed by atoms with E-state index in [2.05, 4.69) is 16.3 Å². The molecular formula is C17H26ClN3O2S. The van der Waals surface area contributed by atoms with Crippen molar-refractivity contribution in [2.75, 3.05) is 26.2 Å². The van der Waals surface area contributed by atoms with Crippen molar-refractivity contribution in [3.05, 3.63) is 21.3 Å². The first kappa shape index (κ1) is 19.2. The van der Waals surface area contributed by atoms with Gasteiger partial charge in [-0.25, -0.2) is 0 Å². The molecule has 2 rings (SSSR count). The van der Waals surface area contributed by atoms with E-state index >= 15 is 0 Å². The molecule has 1 aromatic rings. The highest BCUT2D eigenvalue weighted by Crippen LogP contribution is 2.23. The SMILES string of the molecule is CC(NC(=O)C(C)(C)C)C(=O)N1CCN(Cc2ccc(Cl)s2)CC1. The summed E-state index contributed by atoms with van der Waals surface area (Å²) in [6, 6.07) is 3.48. The van der Waals surface area contributed by atoms with Crippen LogP contribution in [0.1, 0.15) is 32.6 Å². The van der Waals surface area contributed by atoms with Crippen molar-refractivity contribution in [3.63, 3.8) is 0 Å². The quantitative estimate of drug-likeness (QED) is 0.885. The number of carbonyl (C=O) groups is 2. The zero-order valence-corrected chi connectivity index (χ0v) is 16.3. The highest BCUT2D eigenvalue weighted by atomic mass is 35.5. The van der Waals surface area contributed by atoms with Crippen molar-refractivity contribution in [2.24, 2.45) is 5.41 Å². The molecule has 0 spiro atoms. The first-order valence-corrected chi connectivity index (χ1v) is 9.42. The molecule has 1 saturated heterocycles. The summed E-state index contributed by atoms with van der Waals surface area (Å²) >= 11 is 7.56. The highest BCUT2D eigenvalue weighted by molar-refractivity contribution is 7.16. The molecule has 0 aliphatic carbocycles. The lowest BCUT2D eigenvalue weighted by Crippen LogP contribution is -2.54. The van der Waals surface area contributed by atoms with E-state index in [1.54, 1.807) is 18.3 Å². The van der Waals surface area contributed by atoms with Gasteiger partial charge in [-0.15, -0.1) is 11.3 Å². The summed E-state index contributed by atoms with van der Waals surface area (Å²) in [5, 5.41) is 2.81. The van der Waals surface area contributed by atoms with Crippen molar-refractivity contribution in [3.8, 4) is 0 Å². The molecule has 1 fully saturated rings. The van der Waals surface area contributed by atoms with Gasteiger partial charge in [0.25, 0.3) is 0 Å². The monoisotopic (exact) mass is 371 g/mol. The van der Waals surface area contributed by atoms with E-state index in [1.807, 2.05) is 31.7 Å². The fraction of sp³-hybridized carbons (Fsp3) is 0.647. The van der Waals surface area contributed by atoms with Crippen LogP contribution in [0.25, 0.3) is 0 Å². The zero-order valence-electron chi connectivity index (χ0n) is 14.8. The molecule has 0 aromatic carbocycles. The van der Waals surface area contributed by atoms with Crippen LogP contribution in [0, 0.1) is 5.41 Å². The van der Waals surface area contributed by atoms with E-state index in [-0.39, 0.29) is 11.8 Å². The van der Waals surface area contributed by atoms with Gasteiger partial charge in [-0.05, 0) is 19.1 Å². The summed E-state index contributed by atoms with van der Waals surface area (Å²) in [5.41, 5.74) is -0.491. The summed E-state index contributed by atoms with van der Waals surface area (Å²) in [5.74, 6) is -0.108. The number of amides is 2. The van der Waals surface area contributed by atoms with E-state index in [4.69, 9.17) is 11.6 Å². The molecule has 5 nitrogen and oxygen atoms in total. The Hall–Kier alpha value is -1.11. The Morgan fingerprint density at radius 2 is 1.88 bits per heavy atom. The van der Waals surface area contributed by atoms with E-state index in [1.165, 1.54) is 4.88 Å². The zero-order chi connectivity index (χ0) is 17.9. The molecule has 2 amide bonds. The summed E-state index contributed by atoms with van der Waals surface area (Å²) in [7, 11) is 0.